The molecule has 0 spiro atoms. The molecular weight excluding hydrogens is 492 g/mol. The van der Waals surface area contributed by atoms with Gasteiger partial charge in [-0.1, -0.05) is 109 Å². The Morgan fingerprint density at radius 1 is 0.359 bits per heavy atom. The SMILES string of the molecule is c1ccc2c(c1)-c1ccccc1[Si]2(c1ccc2oc3ccccc3c2c1)c1ccc2oc3ccccc3c2c1. The molecule has 0 amide bonds. The first-order chi connectivity index (χ1) is 19.3. The first-order valence-corrected chi connectivity index (χ1v) is 15.4. The van der Waals surface area contributed by atoms with Gasteiger partial charge in [-0.3, -0.25) is 0 Å². The van der Waals surface area contributed by atoms with Crippen molar-refractivity contribution >= 4 is 72.7 Å². The van der Waals surface area contributed by atoms with E-state index in [1.54, 1.807) is 0 Å². The van der Waals surface area contributed by atoms with Crippen LogP contribution < -0.4 is 20.7 Å². The summed E-state index contributed by atoms with van der Waals surface area (Å²) in [4.78, 5) is 0. The third-order valence-electron chi connectivity index (χ3n) is 8.57. The highest BCUT2D eigenvalue weighted by Gasteiger charge is 2.48. The minimum Gasteiger partial charge on any atom is -0.456 e. The Kier molecular flexibility index (Phi) is 4.11. The zero-order chi connectivity index (χ0) is 25.6. The monoisotopic (exact) mass is 514 g/mol. The second kappa shape index (κ2) is 7.59. The van der Waals surface area contributed by atoms with Crippen molar-refractivity contribution in [2.24, 2.45) is 0 Å². The molecule has 2 aromatic heterocycles. The van der Waals surface area contributed by atoms with Gasteiger partial charge in [-0.2, -0.15) is 0 Å². The predicted octanol–water partition coefficient (Wildman–Crippen LogP) is 6.84. The van der Waals surface area contributed by atoms with Crippen molar-refractivity contribution in [2.45, 2.75) is 0 Å². The molecule has 39 heavy (non-hydrogen) atoms. The van der Waals surface area contributed by atoms with Gasteiger partial charge in [0.2, 0.25) is 0 Å². The number of furan rings is 2. The molecule has 2 nitrogen and oxygen atoms in total. The highest BCUT2D eigenvalue weighted by atomic mass is 28.3. The molecule has 0 atom stereocenters. The largest absolute Gasteiger partial charge is 0.456 e. The maximum absolute atomic E-state index is 6.25. The first kappa shape index (κ1) is 21.1. The average Bonchev–Trinajstić information content (AvgIpc) is 3.65. The molecular formula is C36H22O2Si. The van der Waals surface area contributed by atoms with E-state index in [1.807, 2.05) is 12.1 Å². The van der Waals surface area contributed by atoms with Gasteiger partial charge in [0, 0.05) is 21.5 Å². The fraction of sp³-hybridized carbons (Fsp3) is 0. The van der Waals surface area contributed by atoms with E-state index < -0.39 is 8.07 Å². The lowest BCUT2D eigenvalue weighted by Gasteiger charge is -2.31. The van der Waals surface area contributed by atoms with Crippen molar-refractivity contribution in [1.82, 2.24) is 0 Å². The lowest BCUT2D eigenvalue weighted by atomic mass is 10.1. The summed E-state index contributed by atoms with van der Waals surface area (Å²) in [6, 6.07) is 48.5. The fourth-order valence-electron chi connectivity index (χ4n) is 6.94. The van der Waals surface area contributed by atoms with Crippen LogP contribution in [0.1, 0.15) is 0 Å². The van der Waals surface area contributed by atoms with E-state index in [2.05, 4.69) is 121 Å². The summed E-state index contributed by atoms with van der Waals surface area (Å²) >= 11 is 0. The van der Waals surface area contributed by atoms with Crippen LogP contribution in [0.15, 0.2) is 142 Å². The molecule has 0 aliphatic carbocycles. The second-order valence-corrected chi connectivity index (χ2v) is 14.2. The summed E-state index contributed by atoms with van der Waals surface area (Å²) in [6.07, 6.45) is 0. The Bertz CT molecular complexity index is 2090. The average molecular weight is 515 g/mol. The predicted molar refractivity (Wildman–Crippen MR) is 164 cm³/mol. The van der Waals surface area contributed by atoms with Gasteiger partial charge in [-0.15, -0.1) is 0 Å². The Hall–Kier alpha value is -4.86. The van der Waals surface area contributed by atoms with Gasteiger partial charge >= 0.3 is 0 Å². The summed E-state index contributed by atoms with van der Waals surface area (Å²) in [5, 5.41) is 10.3. The van der Waals surface area contributed by atoms with Crippen LogP contribution in [-0.4, -0.2) is 8.07 Å². The molecule has 182 valence electrons. The quantitative estimate of drug-likeness (QED) is 0.236. The van der Waals surface area contributed by atoms with E-state index >= 15 is 0 Å². The van der Waals surface area contributed by atoms with E-state index in [0.717, 1.165) is 33.1 Å². The van der Waals surface area contributed by atoms with Gasteiger partial charge in [0.1, 0.15) is 22.3 Å². The van der Waals surface area contributed by atoms with E-state index in [4.69, 9.17) is 8.83 Å². The maximum atomic E-state index is 6.25. The lowest BCUT2D eigenvalue weighted by Crippen LogP contribution is -2.72. The maximum Gasteiger partial charge on any atom is 0.180 e. The van der Waals surface area contributed by atoms with Crippen LogP contribution in [0.3, 0.4) is 0 Å². The van der Waals surface area contributed by atoms with Gasteiger partial charge in [0.25, 0.3) is 0 Å². The molecule has 9 rings (SSSR count). The molecule has 3 heteroatoms. The third-order valence-corrected chi connectivity index (χ3v) is 13.4. The molecule has 3 heterocycles. The van der Waals surface area contributed by atoms with Crippen molar-refractivity contribution in [3.63, 3.8) is 0 Å². The molecule has 0 bridgehead atoms. The molecule has 0 saturated carbocycles. The van der Waals surface area contributed by atoms with Gasteiger partial charge < -0.3 is 8.83 Å². The molecule has 0 N–H and O–H groups in total. The van der Waals surface area contributed by atoms with Crippen molar-refractivity contribution in [3.05, 3.63) is 133 Å². The van der Waals surface area contributed by atoms with Crippen molar-refractivity contribution in [1.29, 1.82) is 0 Å². The summed E-state index contributed by atoms with van der Waals surface area (Å²) < 4.78 is 12.5. The standard InChI is InChI=1S/C36H22O2Si/c1-5-13-31-25(9-1)29-21-23(17-19-33(29)37-31)39(35-15-7-3-11-27(35)28-12-4-8-16-36(28)39)24-18-20-34-30(22-24)26-10-2-6-14-32(26)38-34/h1-22H. The van der Waals surface area contributed by atoms with Gasteiger partial charge in [0.05, 0.1) is 0 Å². The topological polar surface area (TPSA) is 26.3 Å². The minimum atomic E-state index is -2.67. The molecule has 8 aromatic rings. The normalized spacial score (nSPS) is 13.8. The van der Waals surface area contributed by atoms with Gasteiger partial charge in [-0.05, 0) is 56.1 Å². The number of hydrogen-bond acceptors (Lipinski definition) is 2. The first-order valence-electron chi connectivity index (χ1n) is 13.4. The molecule has 0 radical (unpaired) electrons. The smallest absolute Gasteiger partial charge is 0.180 e. The zero-order valence-electron chi connectivity index (χ0n) is 21.0. The highest BCUT2D eigenvalue weighted by Crippen LogP contribution is 2.33. The summed E-state index contributed by atoms with van der Waals surface area (Å²) in [6.45, 7) is 0. The number of rotatable bonds is 2. The van der Waals surface area contributed by atoms with Crippen LogP contribution in [0.2, 0.25) is 0 Å². The zero-order valence-corrected chi connectivity index (χ0v) is 22.0. The summed E-state index contributed by atoms with van der Waals surface area (Å²) in [5.41, 5.74) is 6.40. The van der Waals surface area contributed by atoms with E-state index in [9.17, 15) is 0 Å². The Balaban J connectivity index is 1.45. The highest BCUT2D eigenvalue weighted by molar-refractivity contribution is 7.22. The van der Waals surface area contributed by atoms with Crippen LogP contribution in [0.25, 0.3) is 55.0 Å². The second-order valence-electron chi connectivity index (χ2n) is 10.5. The number of benzene rings is 6. The Morgan fingerprint density at radius 2 is 0.769 bits per heavy atom. The van der Waals surface area contributed by atoms with Crippen molar-refractivity contribution in [2.75, 3.05) is 0 Å². The number of fused-ring (bicyclic) bond motifs is 9. The number of hydrogen-bond donors (Lipinski definition) is 0. The Labute approximate surface area is 225 Å². The fourth-order valence-corrected chi connectivity index (χ4v) is 12.1. The molecule has 6 aromatic carbocycles. The molecule has 0 saturated heterocycles. The van der Waals surface area contributed by atoms with E-state index in [-0.39, 0.29) is 0 Å². The van der Waals surface area contributed by atoms with Crippen LogP contribution in [0.5, 0.6) is 0 Å². The van der Waals surface area contributed by atoms with E-state index in [0.29, 0.717) is 0 Å². The molecule has 1 aliphatic rings. The van der Waals surface area contributed by atoms with Crippen molar-refractivity contribution in [3.8, 4) is 11.1 Å². The Morgan fingerprint density at radius 3 is 1.28 bits per heavy atom. The summed E-state index contributed by atoms with van der Waals surface area (Å²) in [7, 11) is -2.67. The summed E-state index contributed by atoms with van der Waals surface area (Å²) in [5.74, 6) is 0. The van der Waals surface area contributed by atoms with Crippen LogP contribution in [-0.2, 0) is 0 Å². The number of para-hydroxylation sites is 2. The van der Waals surface area contributed by atoms with Crippen LogP contribution in [0.4, 0.5) is 0 Å². The van der Waals surface area contributed by atoms with E-state index in [1.165, 1.54) is 42.6 Å². The third kappa shape index (κ3) is 2.70. The lowest BCUT2D eigenvalue weighted by molar-refractivity contribution is 0.668. The van der Waals surface area contributed by atoms with Gasteiger partial charge in [-0.25, -0.2) is 0 Å². The molecule has 0 fully saturated rings. The van der Waals surface area contributed by atoms with Crippen molar-refractivity contribution < 1.29 is 8.83 Å². The van der Waals surface area contributed by atoms with Gasteiger partial charge in [0.15, 0.2) is 8.07 Å². The van der Waals surface area contributed by atoms with Crippen LogP contribution >= 0.6 is 0 Å². The van der Waals surface area contributed by atoms with Crippen LogP contribution in [0, 0.1) is 0 Å². The minimum absolute atomic E-state index is 0.930. The molecule has 0 unspecified atom stereocenters. The molecule has 1 aliphatic heterocycles.